The topological polar surface area (TPSA) is 60.2 Å². The predicted molar refractivity (Wildman–Crippen MR) is 115 cm³/mol. The average Bonchev–Trinajstić information content (AvgIpc) is 3.18. The molecule has 2 aromatic carbocycles. The smallest absolute Gasteiger partial charge is 0.265 e. The van der Waals surface area contributed by atoms with Crippen LogP contribution in [0, 0.1) is 24.1 Å². The fraction of sp³-hybridized carbons (Fsp3) is 0.261. The summed E-state index contributed by atoms with van der Waals surface area (Å²) in [6.45, 7) is 4.12. The second-order valence-electron chi connectivity index (χ2n) is 7.21. The number of aromatic nitrogens is 1. The van der Waals surface area contributed by atoms with E-state index in [1.807, 2.05) is 47.1 Å². The lowest BCUT2D eigenvalue weighted by Crippen LogP contribution is -2.49. The average molecular weight is 421 g/mol. The van der Waals surface area contributed by atoms with Crippen LogP contribution in [-0.2, 0) is 0 Å². The van der Waals surface area contributed by atoms with E-state index in [1.165, 1.54) is 23.5 Å². The molecule has 0 radical (unpaired) electrons. The number of carbonyl (C=O) groups is 1. The lowest BCUT2D eigenvalue weighted by molar-refractivity contribution is 0.0610. The molecule has 0 N–H and O–H groups in total. The summed E-state index contributed by atoms with van der Waals surface area (Å²) in [5, 5.41) is 10.5. The second kappa shape index (κ2) is 8.74. The third-order valence-electron chi connectivity index (χ3n) is 5.29. The summed E-state index contributed by atoms with van der Waals surface area (Å²) < 4.78 is 13.2. The van der Waals surface area contributed by atoms with E-state index in [1.54, 1.807) is 12.1 Å². The summed E-state index contributed by atoms with van der Waals surface area (Å²) in [5.41, 5.74) is 2.52. The highest BCUT2D eigenvalue weighted by Gasteiger charge is 2.29. The quantitative estimate of drug-likeness (QED) is 0.632. The van der Waals surface area contributed by atoms with Gasteiger partial charge in [-0.15, -0.1) is 11.3 Å². The number of hydrogen-bond donors (Lipinski definition) is 0. The largest absolute Gasteiger partial charge is 0.335 e. The minimum atomic E-state index is -0.447. The van der Waals surface area contributed by atoms with Gasteiger partial charge >= 0.3 is 0 Å². The number of halogens is 1. The number of rotatable bonds is 4. The number of thiazole rings is 1. The lowest BCUT2D eigenvalue weighted by Gasteiger charge is -2.36. The molecular formula is C23H21FN4OS. The summed E-state index contributed by atoms with van der Waals surface area (Å²) in [6, 6.07) is 17.7. The molecule has 2 heterocycles. The Morgan fingerprint density at radius 1 is 1.10 bits per heavy atom. The first-order chi connectivity index (χ1) is 14.6. The molecular weight excluding hydrogens is 399 g/mol. The molecule has 30 heavy (non-hydrogen) atoms. The molecule has 7 heteroatoms. The van der Waals surface area contributed by atoms with Crippen molar-refractivity contribution >= 4 is 17.2 Å². The van der Waals surface area contributed by atoms with Gasteiger partial charge in [-0.3, -0.25) is 9.69 Å². The first-order valence-corrected chi connectivity index (χ1v) is 10.6. The Morgan fingerprint density at radius 3 is 2.40 bits per heavy atom. The van der Waals surface area contributed by atoms with E-state index >= 15 is 0 Å². The van der Waals surface area contributed by atoms with Gasteiger partial charge in [0.1, 0.15) is 21.7 Å². The van der Waals surface area contributed by atoms with Crippen molar-refractivity contribution in [2.75, 3.05) is 26.2 Å². The van der Waals surface area contributed by atoms with Crippen molar-refractivity contribution in [1.82, 2.24) is 14.8 Å². The summed E-state index contributed by atoms with van der Waals surface area (Å²) in [7, 11) is 0. The van der Waals surface area contributed by atoms with E-state index in [0.717, 1.165) is 21.8 Å². The van der Waals surface area contributed by atoms with E-state index in [2.05, 4.69) is 11.1 Å². The van der Waals surface area contributed by atoms with E-state index in [4.69, 9.17) is 0 Å². The van der Waals surface area contributed by atoms with Crippen LogP contribution in [0.5, 0.6) is 0 Å². The zero-order valence-corrected chi connectivity index (χ0v) is 17.4. The van der Waals surface area contributed by atoms with Gasteiger partial charge < -0.3 is 4.90 Å². The maximum Gasteiger partial charge on any atom is 0.265 e. The van der Waals surface area contributed by atoms with Crippen LogP contribution in [0.4, 0.5) is 4.39 Å². The molecule has 0 aliphatic carbocycles. The number of hydrogen-bond acceptors (Lipinski definition) is 5. The molecule has 0 spiro atoms. The van der Waals surface area contributed by atoms with Crippen molar-refractivity contribution in [3.8, 4) is 16.6 Å². The van der Waals surface area contributed by atoms with Gasteiger partial charge in [-0.25, -0.2) is 9.37 Å². The van der Waals surface area contributed by atoms with E-state index in [9.17, 15) is 14.4 Å². The van der Waals surface area contributed by atoms with Crippen molar-refractivity contribution in [2.24, 2.45) is 0 Å². The van der Waals surface area contributed by atoms with Crippen LogP contribution in [0.2, 0.25) is 0 Å². The van der Waals surface area contributed by atoms with Crippen LogP contribution in [0.1, 0.15) is 27.0 Å². The third-order valence-corrected chi connectivity index (χ3v) is 6.48. The molecule has 152 valence electrons. The number of piperazine rings is 1. The Kier molecular flexibility index (Phi) is 5.88. The highest BCUT2D eigenvalue weighted by molar-refractivity contribution is 7.17. The van der Waals surface area contributed by atoms with Gasteiger partial charge in [-0.2, -0.15) is 5.26 Å². The number of aryl methyl sites for hydroxylation is 1. The summed E-state index contributed by atoms with van der Waals surface area (Å²) in [4.78, 5) is 22.2. The summed E-state index contributed by atoms with van der Waals surface area (Å²) in [5.74, 6) is -0.331. The summed E-state index contributed by atoms with van der Waals surface area (Å²) >= 11 is 1.42. The highest BCUT2D eigenvalue weighted by atomic mass is 32.1. The maximum absolute atomic E-state index is 13.2. The monoisotopic (exact) mass is 420 g/mol. The van der Waals surface area contributed by atoms with E-state index < -0.39 is 6.04 Å². The fourth-order valence-electron chi connectivity index (χ4n) is 3.64. The zero-order chi connectivity index (χ0) is 21.1. The SMILES string of the molecule is Cc1nc(-c2ccccc2)sc1C(=O)N1CCN([C@@H](C#N)c2ccc(F)cc2)CC1. The minimum Gasteiger partial charge on any atom is -0.335 e. The molecule has 4 rings (SSSR count). The number of nitriles is 1. The molecule has 1 amide bonds. The van der Waals surface area contributed by atoms with Crippen LogP contribution in [0.15, 0.2) is 54.6 Å². The number of amides is 1. The molecule has 3 aromatic rings. The van der Waals surface area contributed by atoms with Gasteiger partial charge in [0.05, 0.1) is 11.8 Å². The van der Waals surface area contributed by atoms with Gasteiger partial charge in [0.2, 0.25) is 0 Å². The second-order valence-corrected chi connectivity index (χ2v) is 8.21. The molecule has 1 aliphatic rings. The molecule has 1 atom stereocenters. The molecule has 0 bridgehead atoms. The summed E-state index contributed by atoms with van der Waals surface area (Å²) in [6.07, 6.45) is 0. The first kappa shape index (κ1) is 20.2. The normalized spacial score (nSPS) is 15.6. The molecule has 1 fully saturated rings. The number of carbonyl (C=O) groups excluding carboxylic acids is 1. The van der Waals surface area contributed by atoms with E-state index in [-0.39, 0.29) is 11.7 Å². The lowest BCUT2D eigenvalue weighted by atomic mass is 10.1. The van der Waals surface area contributed by atoms with Crippen LogP contribution in [0.25, 0.3) is 10.6 Å². The standard InChI is InChI=1S/C23H21FN4OS/c1-16-21(30-22(26-16)18-5-3-2-4-6-18)23(29)28-13-11-27(12-14-28)20(15-25)17-7-9-19(24)10-8-17/h2-10,20H,11-14H2,1H3/t20-/m0/s1. The Bertz CT molecular complexity index is 1070. The van der Waals surface area contributed by atoms with Gasteiger partial charge in [0.25, 0.3) is 5.91 Å². The van der Waals surface area contributed by atoms with Crippen LogP contribution in [0.3, 0.4) is 0 Å². The first-order valence-electron chi connectivity index (χ1n) is 9.78. The maximum atomic E-state index is 13.2. The van der Waals surface area contributed by atoms with Crippen molar-refractivity contribution in [1.29, 1.82) is 5.26 Å². The zero-order valence-electron chi connectivity index (χ0n) is 16.6. The van der Waals surface area contributed by atoms with Gasteiger partial charge in [0.15, 0.2) is 0 Å². The van der Waals surface area contributed by atoms with Crippen LogP contribution in [-0.4, -0.2) is 46.9 Å². The molecule has 1 aliphatic heterocycles. The van der Waals surface area contributed by atoms with Crippen molar-refractivity contribution in [3.05, 3.63) is 76.5 Å². The van der Waals surface area contributed by atoms with Gasteiger partial charge in [-0.05, 0) is 24.6 Å². The highest BCUT2D eigenvalue weighted by Crippen LogP contribution is 2.29. The van der Waals surface area contributed by atoms with Crippen LogP contribution < -0.4 is 0 Å². The Hall–Kier alpha value is -3.08. The molecule has 5 nitrogen and oxygen atoms in total. The van der Waals surface area contributed by atoms with Gasteiger partial charge in [-0.1, -0.05) is 42.5 Å². The minimum absolute atomic E-state index is 0.0119. The number of nitrogens with zero attached hydrogens (tertiary/aromatic N) is 4. The molecule has 1 saturated heterocycles. The fourth-order valence-corrected chi connectivity index (χ4v) is 4.68. The molecule has 0 unspecified atom stereocenters. The van der Waals surface area contributed by atoms with Crippen molar-refractivity contribution in [2.45, 2.75) is 13.0 Å². The number of benzene rings is 2. The van der Waals surface area contributed by atoms with Crippen molar-refractivity contribution < 1.29 is 9.18 Å². The Morgan fingerprint density at radius 2 is 1.77 bits per heavy atom. The third kappa shape index (κ3) is 4.11. The van der Waals surface area contributed by atoms with Crippen molar-refractivity contribution in [3.63, 3.8) is 0 Å². The predicted octanol–water partition coefficient (Wildman–Crippen LogP) is 4.28. The van der Waals surface area contributed by atoms with E-state index in [0.29, 0.717) is 31.1 Å². The molecule has 0 saturated carbocycles. The molecule has 1 aromatic heterocycles. The van der Waals surface area contributed by atoms with Gasteiger partial charge in [0, 0.05) is 31.7 Å². The van der Waals surface area contributed by atoms with Crippen LogP contribution >= 0.6 is 11.3 Å². The Labute approximate surface area is 179 Å². The Balaban J connectivity index is 1.44.